The molecule has 0 saturated heterocycles. The Morgan fingerprint density at radius 3 is 3.00 bits per heavy atom. The van der Waals surface area contributed by atoms with E-state index in [0.29, 0.717) is 11.2 Å². The Bertz CT molecular complexity index is 769. The maximum atomic E-state index is 12.3. The van der Waals surface area contributed by atoms with Gasteiger partial charge in [-0.1, -0.05) is 5.21 Å². The van der Waals surface area contributed by atoms with E-state index in [1.807, 2.05) is 12.3 Å². The first-order valence-electron chi connectivity index (χ1n) is 5.43. The molecular formula is C11H11N5OS. The number of rotatable bonds is 2. The summed E-state index contributed by atoms with van der Waals surface area (Å²) in [6.07, 6.45) is 3.23. The van der Waals surface area contributed by atoms with E-state index in [0.717, 1.165) is 16.8 Å². The Kier molecular flexibility index (Phi) is 2.48. The molecule has 0 radical (unpaired) electrons. The minimum Gasteiger partial charge on any atom is -0.292 e. The first kappa shape index (κ1) is 11.1. The topological polar surface area (TPSA) is 65.6 Å². The van der Waals surface area contributed by atoms with Crippen LogP contribution in [0.5, 0.6) is 0 Å². The van der Waals surface area contributed by atoms with Gasteiger partial charge in [0, 0.05) is 7.05 Å². The summed E-state index contributed by atoms with van der Waals surface area (Å²) in [5.74, 6) is 0. The Morgan fingerprint density at radius 1 is 1.44 bits per heavy atom. The molecule has 0 aliphatic carbocycles. The lowest BCUT2D eigenvalue weighted by molar-refractivity contribution is 0.636. The minimum atomic E-state index is -0.0145. The molecule has 3 aromatic rings. The van der Waals surface area contributed by atoms with Crippen LogP contribution in [0.4, 0.5) is 0 Å². The van der Waals surface area contributed by atoms with Crippen LogP contribution in [0.25, 0.3) is 10.2 Å². The van der Waals surface area contributed by atoms with E-state index in [1.165, 1.54) is 11.3 Å². The number of nitrogens with zero attached hydrogens (tertiary/aromatic N) is 5. The monoisotopic (exact) mass is 261 g/mol. The van der Waals surface area contributed by atoms with Crippen molar-refractivity contribution in [1.82, 2.24) is 24.5 Å². The molecule has 0 fully saturated rings. The third kappa shape index (κ3) is 1.63. The van der Waals surface area contributed by atoms with E-state index in [2.05, 4.69) is 15.3 Å². The maximum Gasteiger partial charge on any atom is 0.271 e. The SMILES string of the molecule is Cc1csc2c(=O)n(Cc3cnnn3C)cnc12. The van der Waals surface area contributed by atoms with Crippen LogP contribution in [0.15, 0.2) is 22.7 Å². The Hall–Kier alpha value is -2.02. The van der Waals surface area contributed by atoms with Crippen molar-refractivity contribution in [2.45, 2.75) is 13.5 Å². The average molecular weight is 261 g/mol. The predicted molar refractivity (Wildman–Crippen MR) is 68.7 cm³/mol. The van der Waals surface area contributed by atoms with Gasteiger partial charge in [-0.3, -0.25) is 14.0 Å². The zero-order chi connectivity index (χ0) is 12.7. The van der Waals surface area contributed by atoms with E-state index >= 15 is 0 Å². The quantitative estimate of drug-likeness (QED) is 0.688. The molecular weight excluding hydrogens is 250 g/mol. The zero-order valence-corrected chi connectivity index (χ0v) is 10.8. The first-order valence-corrected chi connectivity index (χ1v) is 6.31. The number of thiophene rings is 1. The summed E-state index contributed by atoms with van der Waals surface area (Å²) < 4.78 is 3.93. The molecule has 92 valence electrons. The summed E-state index contributed by atoms with van der Waals surface area (Å²) in [4.78, 5) is 16.6. The Balaban J connectivity index is 2.11. The van der Waals surface area contributed by atoms with Crippen LogP contribution in [0.3, 0.4) is 0 Å². The summed E-state index contributed by atoms with van der Waals surface area (Å²) in [6.45, 7) is 2.39. The highest BCUT2D eigenvalue weighted by molar-refractivity contribution is 7.17. The van der Waals surface area contributed by atoms with Crippen molar-refractivity contribution in [2.24, 2.45) is 7.05 Å². The van der Waals surface area contributed by atoms with Gasteiger partial charge >= 0.3 is 0 Å². The second kappa shape index (κ2) is 4.02. The van der Waals surface area contributed by atoms with Crippen molar-refractivity contribution >= 4 is 21.6 Å². The van der Waals surface area contributed by atoms with Crippen LogP contribution in [0, 0.1) is 6.92 Å². The van der Waals surface area contributed by atoms with Gasteiger partial charge in [-0.05, 0) is 17.9 Å². The fraction of sp³-hybridized carbons (Fsp3) is 0.273. The van der Waals surface area contributed by atoms with Crippen molar-refractivity contribution < 1.29 is 0 Å². The van der Waals surface area contributed by atoms with E-state index in [-0.39, 0.29) is 5.56 Å². The van der Waals surface area contributed by atoms with Crippen LogP contribution >= 0.6 is 11.3 Å². The van der Waals surface area contributed by atoms with E-state index in [9.17, 15) is 4.79 Å². The largest absolute Gasteiger partial charge is 0.292 e. The molecule has 0 amide bonds. The van der Waals surface area contributed by atoms with Crippen LogP contribution in [0.1, 0.15) is 11.3 Å². The highest BCUT2D eigenvalue weighted by atomic mass is 32.1. The molecule has 6 nitrogen and oxygen atoms in total. The molecule has 7 heteroatoms. The molecule has 0 unspecified atom stereocenters. The van der Waals surface area contributed by atoms with Gasteiger partial charge in [0.15, 0.2) is 0 Å². The summed E-state index contributed by atoms with van der Waals surface area (Å²) >= 11 is 1.44. The number of fused-ring (bicyclic) bond motifs is 1. The van der Waals surface area contributed by atoms with Gasteiger partial charge in [-0.15, -0.1) is 16.4 Å². The lowest BCUT2D eigenvalue weighted by Gasteiger charge is -2.04. The smallest absolute Gasteiger partial charge is 0.271 e. The molecule has 0 atom stereocenters. The average Bonchev–Trinajstić information content (AvgIpc) is 2.91. The number of hydrogen-bond acceptors (Lipinski definition) is 5. The fourth-order valence-corrected chi connectivity index (χ4v) is 2.75. The molecule has 3 heterocycles. The first-order chi connectivity index (χ1) is 8.66. The number of aryl methyl sites for hydroxylation is 2. The molecule has 0 spiro atoms. The fourth-order valence-electron chi connectivity index (χ4n) is 1.80. The van der Waals surface area contributed by atoms with Gasteiger partial charge in [0.25, 0.3) is 5.56 Å². The summed E-state index contributed by atoms with van der Waals surface area (Å²) in [6, 6.07) is 0. The molecule has 0 aliphatic heterocycles. The van der Waals surface area contributed by atoms with Crippen LogP contribution in [0.2, 0.25) is 0 Å². The van der Waals surface area contributed by atoms with Crippen molar-refractivity contribution in [3.8, 4) is 0 Å². The normalized spacial score (nSPS) is 11.2. The maximum absolute atomic E-state index is 12.3. The van der Waals surface area contributed by atoms with Gasteiger partial charge in [-0.25, -0.2) is 4.98 Å². The molecule has 18 heavy (non-hydrogen) atoms. The summed E-state index contributed by atoms with van der Waals surface area (Å²) in [5.41, 5.74) is 2.69. The van der Waals surface area contributed by atoms with E-state index < -0.39 is 0 Å². The summed E-state index contributed by atoms with van der Waals surface area (Å²) in [7, 11) is 1.80. The van der Waals surface area contributed by atoms with Crippen LogP contribution < -0.4 is 5.56 Å². The molecule has 3 aromatic heterocycles. The van der Waals surface area contributed by atoms with Crippen molar-refractivity contribution in [2.75, 3.05) is 0 Å². The molecule has 0 saturated carbocycles. The van der Waals surface area contributed by atoms with Gasteiger partial charge < -0.3 is 0 Å². The van der Waals surface area contributed by atoms with Crippen molar-refractivity contribution in [3.63, 3.8) is 0 Å². The number of aromatic nitrogens is 5. The molecule has 0 aromatic carbocycles. The van der Waals surface area contributed by atoms with Crippen molar-refractivity contribution in [3.05, 3.63) is 39.5 Å². The molecule has 0 bridgehead atoms. The van der Waals surface area contributed by atoms with Gasteiger partial charge in [0.1, 0.15) is 4.70 Å². The summed E-state index contributed by atoms with van der Waals surface area (Å²) in [5, 5.41) is 9.59. The Morgan fingerprint density at radius 2 is 2.28 bits per heavy atom. The molecule has 0 N–H and O–H groups in total. The van der Waals surface area contributed by atoms with Gasteiger partial charge in [0.2, 0.25) is 0 Å². The second-order valence-corrected chi connectivity index (χ2v) is 5.00. The van der Waals surface area contributed by atoms with Crippen LogP contribution in [-0.4, -0.2) is 24.5 Å². The van der Waals surface area contributed by atoms with Crippen molar-refractivity contribution in [1.29, 1.82) is 0 Å². The van der Waals surface area contributed by atoms with Gasteiger partial charge in [-0.2, -0.15) is 0 Å². The standard InChI is InChI=1S/C11H11N5OS/c1-7-5-18-10-9(7)12-6-16(11(10)17)4-8-3-13-14-15(8)2/h3,5-6H,4H2,1-2H3. The number of hydrogen-bond donors (Lipinski definition) is 0. The minimum absolute atomic E-state index is 0.0145. The van der Waals surface area contributed by atoms with Gasteiger partial charge in [0.05, 0.1) is 30.3 Å². The van der Waals surface area contributed by atoms with E-state index in [4.69, 9.17) is 0 Å². The lowest BCUT2D eigenvalue weighted by Crippen LogP contribution is -2.21. The highest BCUT2D eigenvalue weighted by Gasteiger charge is 2.09. The van der Waals surface area contributed by atoms with Crippen LogP contribution in [-0.2, 0) is 13.6 Å². The Labute approximate surface area is 107 Å². The second-order valence-electron chi connectivity index (χ2n) is 4.12. The third-order valence-corrected chi connectivity index (χ3v) is 3.94. The predicted octanol–water partition coefficient (Wildman–Crippen LogP) is 0.943. The molecule has 3 rings (SSSR count). The zero-order valence-electron chi connectivity index (χ0n) is 9.99. The lowest BCUT2D eigenvalue weighted by atomic mass is 10.3. The highest BCUT2D eigenvalue weighted by Crippen LogP contribution is 2.19. The molecule has 0 aliphatic rings. The third-order valence-electron chi connectivity index (χ3n) is 2.86. The van der Waals surface area contributed by atoms with E-state index in [1.54, 1.807) is 28.8 Å².